The summed E-state index contributed by atoms with van der Waals surface area (Å²) in [6.07, 6.45) is 4.84. The normalized spacial score (nSPS) is 11.0. The number of carbonyl (C=O) groups is 3. The van der Waals surface area contributed by atoms with Crippen LogP contribution in [0.15, 0.2) is 97.5 Å². The smallest absolute Gasteiger partial charge is 0.337 e. The van der Waals surface area contributed by atoms with Crippen LogP contribution in [0.4, 0.5) is 10.1 Å². The minimum absolute atomic E-state index is 0.131. The topological polar surface area (TPSA) is 148 Å². The van der Waals surface area contributed by atoms with Gasteiger partial charge in [-0.2, -0.15) is 0 Å². The lowest BCUT2D eigenvalue weighted by Gasteiger charge is -2.26. The number of anilines is 1. The first kappa shape index (κ1) is 34.2. The maximum atomic E-state index is 13.4. The molecule has 12 heteroatoms. The Morgan fingerprint density at radius 1 is 0.898 bits per heavy atom. The van der Waals surface area contributed by atoms with Crippen LogP contribution < -0.4 is 20.1 Å². The molecule has 0 fully saturated rings. The first-order chi connectivity index (χ1) is 23.5. The molecule has 6 aromatic rings. The summed E-state index contributed by atoms with van der Waals surface area (Å²) in [5.74, 6) is -0.620. The van der Waals surface area contributed by atoms with E-state index in [1.165, 1.54) is 25.4 Å². The number of halogens is 1. The Kier molecular flexibility index (Phi) is 10.3. The zero-order valence-electron chi connectivity index (χ0n) is 27.4. The van der Waals surface area contributed by atoms with Gasteiger partial charge in [-0.1, -0.05) is 26.0 Å². The number of H-pyrrole nitrogens is 1. The van der Waals surface area contributed by atoms with E-state index in [1.54, 1.807) is 66.5 Å². The number of carboxylic acid groups (broad SMARTS) is 1. The van der Waals surface area contributed by atoms with Crippen LogP contribution in [0.25, 0.3) is 21.9 Å². The van der Waals surface area contributed by atoms with E-state index in [-0.39, 0.29) is 35.2 Å². The summed E-state index contributed by atoms with van der Waals surface area (Å²) < 4.78 is 25.7. The Morgan fingerprint density at radius 3 is 2.37 bits per heavy atom. The highest BCUT2D eigenvalue weighted by molar-refractivity contribution is 6.04. The summed E-state index contributed by atoms with van der Waals surface area (Å²) in [4.78, 5) is 42.6. The molecule has 3 aromatic carbocycles. The van der Waals surface area contributed by atoms with E-state index >= 15 is 0 Å². The van der Waals surface area contributed by atoms with E-state index in [4.69, 9.17) is 14.6 Å². The molecule has 3 heterocycles. The fourth-order valence-electron chi connectivity index (χ4n) is 5.18. The quantitative estimate of drug-likeness (QED) is 0.132. The summed E-state index contributed by atoms with van der Waals surface area (Å²) >= 11 is 0. The maximum Gasteiger partial charge on any atom is 0.337 e. The minimum Gasteiger partial charge on any atom is -0.493 e. The molecule has 252 valence electrons. The van der Waals surface area contributed by atoms with Gasteiger partial charge in [0.15, 0.2) is 11.5 Å². The highest BCUT2D eigenvalue weighted by atomic mass is 19.1. The Bertz CT molecular complexity index is 2120. The zero-order chi connectivity index (χ0) is 35.1. The van der Waals surface area contributed by atoms with Gasteiger partial charge in [0, 0.05) is 58.1 Å². The van der Waals surface area contributed by atoms with Gasteiger partial charge in [0.2, 0.25) is 5.91 Å². The first-order valence-corrected chi connectivity index (χ1v) is 15.3. The Hall–Kier alpha value is -6.17. The number of amides is 2. The van der Waals surface area contributed by atoms with Crippen molar-refractivity contribution >= 4 is 45.4 Å². The fourth-order valence-corrected chi connectivity index (χ4v) is 5.18. The second-order valence-electron chi connectivity index (χ2n) is 11.9. The predicted molar refractivity (Wildman–Crippen MR) is 185 cm³/mol. The molecular weight excluding hydrogens is 629 g/mol. The summed E-state index contributed by atoms with van der Waals surface area (Å²) in [5, 5.41) is 16.1. The van der Waals surface area contributed by atoms with Crippen LogP contribution in [0.3, 0.4) is 0 Å². The molecule has 0 spiro atoms. The lowest BCUT2D eigenvalue weighted by Crippen LogP contribution is -2.38. The van der Waals surface area contributed by atoms with Crippen LogP contribution in [0.1, 0.15) is 40.1 Å². The van der Waals surface area contributed by atoms with Crippen molar-refractivity contribution in [1.29, 1.82) is 0 Å². The van der Waals surface area contributed by atoms with E-state index in [9.17, 15) is 18.8 Å². The number of nitrogens with zero attached hydrogens (tertiary/aromatic N) is 2. The van der Waals surface area contributed by atoms with Gasteiger partial charge in [-0.05, 0) is 72.3 Å². The second kappa shape index (κ2) is 14.7. The summed E-state index contributed by atoms with van der Waals surface area (Å²) in [6, 6.07) is 22.2. The third kappa shape index (κ3) is 8.22. The molecule has 0 atom stereocenters. The van der Waals surface area contributed by atoms with Crippen LogP contribution in [-0.4, -0.2) is 58.2 Å². The number of aromatic nitrogens is 3. The van der Waals surface area contributed by atoms with Crippen molar-refractivity contribution in [1.82, 2.24) is 19.9 Å². The lowest BCUT2D eigenvalue weighted by molar-refractivity contribution is -0.121. The molecule has 6 rings (SSSR count). The number of benzene rings is 3. The number of aromatic carboxylic acids is 1. The number of carboxylic acids is 1. The molecule has 2 amide bonds. The van der Waals surface area contributed by atoms with Crippen LogP contribution in [0.2, 0.25) is 0 Å². The van der Waals surface area contributed by atoms with E-state index in [1.807, 2.05) is 38.1 Å². The molecule has 0 radical (unpaired) electrons. The maximum absolute atomic E-state index is 13.4. The summed E-state index contributed by atoms with van der Waals surface area (Å²) in [6.45, 7) is 4.65. The molecule has 3 aromatic heterocycles. The SMILES string of the molecule is COc1ccc(C(=O)Nc2ccc(C(C)(C)CNC(=O)Cn3ccc4cc(F)ccc43)cc2)cc1OC.O=C(O)c1cnc2[nH]ccc2c1. The van der Waals surface area contributed by atoms with E-state index in [0.29, 0.717) is 34.9 Å². The van der Waals surface area contributed by atoms with Gasteiger partial charge in [0.1, 0.15) is 18.0 Å². The van der Waals surface area contributed by atoms with Crippen molar-refractivity contribution in [2.75, 3.05) is 26.1 Å². The lowest BCUT2D eigenvalue weighted by atomic mass is 9.84. The average Bonchev–Trinajstić information content (AvgIpc) is 3.73. The van der Waals surface area contributed by atoms with E-state index < -0.39 is 5.97 Å². The van der Waals surface area contributed by atoms with Gasteiger partial charge in [0.05, 0.1) is 19.8 Å². The van der Waals surface area contributed by atoms with Crippen molar-refractivity contribution in [2.24, 2.45) is 0 Å². The number of pyridine rings is 1. The second-order valence-corrected chi connectivity index (χ2v) is 11.9. The van der Waals surface area contributed by atoms with Crippen molar-refractivity contribution in [2.45, 2.75) is 25.8 Å². The van der Waals surface area contributed by atoms with E-state index in [2.05, 4.69) is 20.6 Å². The third-order valence-electron chi connectivity index (χ3n) is 7.99. The van der Waals surface area contributed by atoms with Gasteiger partial charge >= 0.3 is 5.97 Å². The molecule has 0 aliphatic heterocycles. The average molecular weight is 666 g/mol. The molecule has 0 unspecified atom stereocenters. The molecule has 0 aliphatic rings. The van der Waals surface area contributed by atoms with Gasteiger partial charge in [-0.15, -0.1) is 0 Å². The minimum atomic E-state index is -0.953. The highest BCUT2D eigenvalue weighted by Crippen LogP contribution is 2.28. The standard InChI is InChI=1S/C29H30FN3O4.C8H6N2O2/c1-29(2,18-31-27(34)17-33-14-13-19-15-22(30)8-11-24(19)33)21-6-9-23(10-7-21)32-28(35)20-5-12-25(36-3)26(16-20)37-4;11-8(12)6-3-5-1-2-9-7(5)10-4-6/h5-16H,17-18H2,1-4H3,(H,31,34)(H,32,35);1-4H,(H,9,10)(H,11,12). The van der Waals surface area contributed by atoms with Gasteiger partial charge in [-0.3, -0.25) is 9.59 Å². The van der Waals surface area contributed by atoms with Crippen LogP contribution in [0.5, 0.6) is 11.5 Å². The molecule has 0 aliphatic carbocycles. The number of rotatable bonds is 10. The molecule has 0 saturated heterocycles. The van der Waals surface area contributed by atoms with E-state index in [0.717, 1.165) is 21.9 Å². The molecule has 49 heavy (non-hydrogen) atoms. The third-order valence-corrected chi connectivity index (χ3v) is 7.99. The number of aromatic amines is 1. The monoisotopic (exact) mass is 665 g/mol. The molecular formula is C37H36FN5O6. The largest absolute Gasteiger partial charge is 0.493 e. The first-order valence-electron chi connectivity index (χ1n) is 15.3. The van der Waals surface area contributed by atoms with Crippen LogP contribution >= 0.6 is 0 Å². The number of methoxy groups -OCH3 is 2. The molecule has 0 saturated carbocycles. The Balaban J connectivity index is 0.000000325. The Morgan fingerprint density at radius 2 is 1.65 bits per heavy atom. The highest BCUT2D eigenvalue weighted by Gasteiger charge is 2.22. The van der Waals surface area contributed by atoms with Crippen molar-refractivity contribution in [3.05, 3.63) is 120 Å². The summed E-state index contributed by atoms with van der Waals surface area (Å²) in [5.41, 5.74) is 3.50. The number of fused-ring (bicyclic) bond motifs is 2. The van der Waals surface area contributed by atoms with Crippen LogP contribution in [0, 0.1) is 5.82 Å². The Labute approximate surface area is 281 Å². The number of hydrogen-bond acceptors (Lipinski definition) is 6. The van der Waals surface area contributed by atoms with Crippen LogP contribution in [-0.2, 0) is 16.8 Å². The zero-order valence-corrected chi connectivity index (χ0v) is 27.4. The number of carbonyl (C=O) groups excluding carboxylic acids is 2. The van der Waals surface area contributed by atoms with Crippen molar-refractivity contribution in [3.8, 4) is 11.5 Å². The summed E-state index contributed by atoms with van der Waals surface area (Å²) in [7, 11) is 3.06. The number of ether oxygens (including phenoxy) is 2. The van der Waals surface area contributed by atoms with Crippen molar-refractivity contribution < 1.29 is 33.4 Å². The van der Waals surface area contributed by atoms with Gasteiger partial charge in [-0.25, -0.2) is 14.2 Å². The fraction of sp³-hybridized carbons (Fsp3) is 0.189. The molecule has 0 bridgehead atoms. The predicted octanol–water partition coefficient (Wildman–Crippen LogP) is 6.41. The van der Waals surface area contributed by atoms with Gasteiger partial charge in [0.25, 0.3) is 5.91 Å². The molecule has 4 N–H and O–H groups in total. The number of nitrogens with one attached hydrogen (secondary N) is 3. The number of hydrogen-bond donors (Lipinski definition) is 4. The van der Waals surface area contributed by atoms with Crippen molar-refractivity contribution in [3.63, 3.8) is 0 Å². The molecule has 11 nitrogen and oxygen atoms in total. The van der Waals surface area contributed by atoms with Gasteiger partial charge < -0.3 is 34.8 Å².